The number of nitrogens with one attached hydrogen (secondary N) is 4. The third-order valence-electron chi connectivity index (χ3n) is 2.43. The molecule has 0 aliphatic rings. The summed E-state index contributed by atoms with van der Waals surface area (Å²) < 4.78 is 13.1. The fraction of sp³-hybridized carbons (Fsp3) is 0.429. The number of halogens is 1. The zero-order valence-electron chi connectivity index (χ0n) is 12.2. The molecule has 0 aliphatic heterocycles. The third kappa shape index (κ3) is 5.26. The average Bonchev–Trinajstić information content (AvgIpc) is 2.28. The van der Waals surface area contributed by atoms with Crippen molar-refractivity contribution in [2.24, 2.45) is 0 Å². The van der Waals surface area contributed by atoms with Crippen LogP contribution in [0.2, 0.25) is 0 Å². The Bertz CT molecular complexity index is 508. The van der Waals surface area contributed by atoms with Crippen LogP contribution in [0, 0.1) is 11.2 Å². The number of hydrogen-bond donors (Lipinski definition) is 4. The van der Waals surface area contributed by atoms with Crippen molar-refractivity contribution in [1.82, 2.24) is 10.6 Å². The summed E-state index contributed by atoms with van der Waals surface area (Å²) in [6.07, 6.45) is 0.627. The van der Waals surface area contributed by atoms with Crippen molar-refractivity contribution in [2.75, 3.05) is 5.32 Å². The summed E-state index contributed by atoms with van der Waals surface area (Å²) in [5.41, 5.74) is 0.970. The van der Waals surface area contributed by atoms with Gasteiger partial charge in [-0.1, -0.05) is 6.92 Å². The average molecular weight is 280 g/mol. The second-order valence-corrected chi connectivity index (χ2v) is 5.48. The molecule has 0 saturated carbocycles. The van der Waals surface area contributed by atoms with E-state index in [4.69, 9.17) is 5.41 Å². The minimum absolute atomic E-state index is 0.159. The van der Waals surface area contributed by atoms with Crippen molar-refractivity contribution in [3.63, 3.8) is 0 Å². The molecule has 6 heteroatoms. The second kappa shape index (κ2) is 6.36. The molecule has 0 aliphatic carbocycles. The SMILES string of the molecule is CCc1cc(F)ccc1NC(=N)NC(=O)NC(C)(C)C. The van der Waals surface area contributed by atoms with E-state index in [-0.39, 0.29) is 17.3 Å². The fourth-order valence-corrected chi connectivity index (χ4v) is 1.63. The Labute approximate surface area is 118 Å². The van der Waals surface area contributed by atoms with Crippen LogP contribution in [0.25, 0.3) is 0 Å². The van der Waals surface area contributed by atoms with Gasteiger partial charge in [-0.3, -0.25) is 10.7 Å². The minimum Gasteiger partial charge on any atom is -0.333 e. The van der Waals surface area contributed by atoms with Crippen molar-refractivity contribution in [1.29, 1.82) is 5.41 Å². The topological polar surface area (TPSA) is 77.0 Å². The summed E-state index contributed by atoms with van der Waals surface area (Å²) in [7, 11) is 0. The van der Waals surface area contributed by atoms with Crippen molar-refractivity contribution < 1.29 is 9.18 Å². The monoisotopic (exact) mass is 280 g/mol. The van der Waals surface area contributed by atoms with E-state index in [2.05, 4.69) is 16.0 Å². The van der Waals surface area contributed by atoms with Crippen LogP contribution in [-0.4, -0.2) is 17.5 Å². The Morgan fingerprint density at radius 2 is 2.00 bits per heavy atom. The Morgan fingerprint density at radius 1 is 1.35 bits per heavy atom. The molecule has 0 spiro atoms. The predicted octanol–water partition coefficient (Wildman–Crippen LogP) is 2.83. The maximum absolute atomic E-state index is 13.1. The number of benzene rings is 1. The first-order valence-electron chi connectivity index (χ1n) is 6.44. The maximum atomic E-state index is 13.1. The molecule has 0 unspecified atom stereocenters. The Morgan fingerprint density at radius 3 is 2.55 bits per heavy atom. The number of anilines is 1. The maximum Gasteiger partial charge on any atom is 0.321 e. The van der Waals surface area contributed by atoms with Crippen molar-refractivity contribution >= 4 is 17.7 Å². The first kappa shape index (κ1) is 15.9. The number of guanidine groups is 1. The van der Waals surface area contributed by atoms with E-state index in [1.165, 1.54) is 12.1 Å². The molecule has 0 heterocycles. The van der Waals surface area contributed by atoms with Crippen LogP contribution in [0.3, 0.4) is 0 Å². The molecule has 1 aromatic carbocycles. The highest BCUT2D eigenvalue weighted by atomic mass is 19.1. The first-order valence-corrected chi connectivity index (χ1v) is 6.44. The molecule has 1 rings (SSSR count). The van der Waals surface area contributed by atoms with Gasteiger partial charge in [-0.05, 0) is 51.0 Å². The molecule has 0 saturated heterocycles. The van der Waals surface area contributed by atoms with Crippen LogP contribution in [-0.2, 0) is 6.42 Å². The summed E-state index contributed by atoms with van der Waals surface area (Å²) in [6, 6.07) is 3.80. The quantitative estimate of drug-likeness (QED) is 0.496. The largest absolute Gasteiger partial charge is 0.333 e. The molecular weight excluding hydrogens is 259 g/mol. The van der Waals surface area contributed by atoms with E-state index in [0.29, 0.717) is 12.1 Å². The van der Waals surface area contributed by atoms with Gasteiger partial charge in [0.15, 0.2) is 0 Å². The zero-order valence-corrected chi connectivity index (χ0v) is 12.2. The smallest absolute Gasteiger partial charge is 0.321 e. The van der Waals surface area contributed by atoms with Crippen molar-refractivity contribution in [2.45, 2.75) is 39.7 Å². The normalized spacial score (nSPS) is 10.8. The lowest BCUT2D eigenvalue weighted by molar-refractivity contribution is 0.236. The lowest BCUT2D eigenvalue weighted by atomic mass is 10.1. The van der Waals surface area contributed by atoms with E-state index >= 15 is 0 Å². The number of carbonyl (C=O) groups is 1. The molecule has 20 heavy (non-hydrogen) atoms. The van der Waals surface area contributed by atoms with Crippen LogP contribution in [0.4, 0.5) is 14.9 Å². The Hall–Kier alpha value is -2.11. The Kier molecular flexibility index (Phi) is 5.07. The summed E-state index contributed by atoms with van der Waals surface area (Å²) in [6.45, 7) is 7.43. The first-order chi connectivity index (χ1) is 9.21. The number of hydrogen-bond acceptors (Lipinski definition) is 2. The second-order valence-electron chi connectivity index (χ2n) is 5.48. The van der Waals surface area contributed by atoms with Gasteiger partial charge in [0.05, 0.1) is 0 Å². The van der Waals surface area contributed by atoms with E-state index in [1.807, 2.05) is 27.7 Å². The van der Waals surface area contributed by atoms with Gasteiger partial charge < -0.3 is 10.6 Å². The molecule has 0 radical (unpaired) electrons. The van der Waals surface area contributed by atoms with Gasteiger partial charge in [-0.2, -0.15) is 0 Å². The molecule has 2 amide bonds. The van der Waals surface area contributed by atoms with E-state index in [0.717, 1.165) is 5.56 Å². The molecule has 5 nitrogen and oxygen atoms in total. The van der Waals surface area contributed by atoms with Gasteiger partial charge >= 0.3 is 6.03 Å². The lowest BCUT2D eigenvalue weighted by Crippen LogP contribution is -2.49. The van der Waals surface area contributed by atoms with Crippen molar-refractivity contribution in [3.8, 4) is 0 Å². The number of carbonyl (C=O) groups excluding carboxylic acids is 1. The van der Waals surface area contributed by atoms with E-state index in [9.17, 15) is 9.18 Å². The van der Waals surface area contributed by atoms with Crippen LogP contribution in [0.5, 0.6) is 0 Å². The summed E-state index contributed by atoms with van der Waals surface area (Å²) in [5.74, 6) is -0.481. The number of aryl methyl sites for hydroxylation is 1. The highest BCUT2D eigenvalue weighted by Gasteiger charge is 2.14. The fourth-order valence-electron chi connectivity index (χ4n) is 1.63. The molecule has 0 fully saturated rings. The number of rotatable bonds is 2. The van der Waals surface area contributed by atoms with Gasteiger partial charge in [-0.25, -0.2) is 9.18 Å². The standard InChI is InChI=1S/C14H21FN4O/c1-5-9-8-10(15)6-7-11(9)17-12(16)18-13(20)19-14(2,3)4/h6-8H,5H2,1-4H3,(H4,16,17,18,19,20). The molecule has 4 N–H and O–H groups in total. The van der Waals surface area contributed by atoms with Crippen LogP contribution < -0.4 is 16.0 Å². The lowest BCUT2D eigenvalue weighted by Gasteiger charge is -2.21. The summed E-state index contributed by atoms with van der Waals surface area (Å²) in [4.78, 5) is 11.6. The van der Waals surface area contributed by atoms with Gasteiger partial charge in [0, 0.05) is 11.2 Å². The Balaban J connectivity index is 2.65. The van der Waals surface area contributed by atoms with Gasteiger partial charge in [0.25, 0.3) is 0 Å². The highest BCUT2D eigenvalue weighted by molar-refractivity contribution is 6.02. The number of urea groups is 1. The van der Waals surface area contributed by atoms with Crippen LogP contribution >= 0.6 is 0 Å². The molecule has 110 valence electrons. The highest BCUT2D eigenvalue weighted by Crippen LogP contribution is 2.17. The molecular formula is C14H21FN4O. The predicted molar refractivity (Wildman–Crippen MR) is 78.5 cm³/mol. The van der Waals surface area contributed by atoms with Crippen LogP contribution in [0.15, 0.2) is 18.2 Å². The van der Waals surface area contributed by atoms with E-state index < -0.39 is 6.03 Å². The minimum atomic E-state index is -0.463. The summed E-state index contributed by atoms with van der Waals surface area (Å²) in [5, 5.41) is 15.5. The van der Waals surface area contributed by atoms with E-state index in [1.54, 1.807) is 6.07 Å². The molecule has 0 atom stereocenters. The third-order valence-corrected chi connectivity index (χ3v) is 2.43. The zero-order chi connectivity index (χ0) is 15.3. The molecule has 1 aromatic rings. The van der Waals surface area contributed by atoms with Gasteiger partial charge in [0.2, 0.25) is 5.96 Å². The summed E-state index contributed by atoms with van der Waals surface area (Å²) >= 11 is 0. The van der Waals surface area contributed by atoms with Crippen molar-refractivity contribution in [3.05, 3.63) is 29.6 Å². The molecule has 0 aromatic heterocycles. The van der Waals surface area contributed by atoms with Gasteiger partial charge in [-0.15, -0.1) is 0 Å². The number of amides is 2. The van der Waals surface area contributed by atoms with Crippen LogP contribution in [0.1, 0.15) is 33.3 Å². The van der Waals surface area contributed by atoms with Gasteiger partial charge in [0.1, 0.15) is 5.82 Å². The molecule has 0 bridgehead atoms.